The first-order valence-electron chi connectivity index (χ1n) is 6.03. The third-order valence-electron chi connectivity index (χ3n) is 2.70. The van der Waals surface area contributed by atoms with Gasteiger partial charge < -0.3 is 15.4 Å². The Hall–Kier alpha value is -1.76. The van der Waals surface area contributed by atoms with Crippen LogP contribution in [0.15, 0.2) is 12.1 Å². The minimum atomic E-state index is -1.09. The van der Waals surface area contributed by atoms with Crippen molar-refractivity contribution in [3.8, 4) is 0 Å². The van der Waals surface area contributed by atoms with Crippen LogP contribution in [-0.4, -0.2) is 31.2 Å². The van der Waals surface area contributed by atoms with Gasteiger partial charge >= 0.3 is 5.97 Å². The van der Waals surface area contributed by atoms with Crippen LogP contribution in [0.3, 0.4) is 0 Å². The monoisotopic (exact) mass is 302 g/mol. The minimum absolute atomic E-state index is 0.0341. The number of anilines is 1. The Balaban J connectivity index is 2.84. The number of thiocarbonyl (C=S) groups is 1. The number of ether oxygens (including phenoxy) is 1. The Morgan fingerprint density at radius 3 is 2.60 bits per heavy atom. The highest BCUT2D eigenvalue weighted by Gasteiger charge is 2.17. The van der Waals surface area contributed by atoms with E-state index in [1.807, 2.05) is 0 Å². The molecule has 0 aromatic heterocycles. The van der Waals surface area contributed by atoms with Crippen LogP contribution in [0.2, 0.25) is 0 Å². The number of nitrogens with zero attached hydrogens (tertiary/aromatic N) is 1. The van der Waals surface area contributed by atoms with E-state index in [1.165, 1.54) is 17.0 Å². The lowest BCUT2D eigenvalue weighted by atomic mass is 10.1. The largest absolute Gasteiger partial charge is 0.466 e. The smallest absolute Gasteiger partial charge is 0.307 e. The molecule has 1 rings (SSSR count). The lowest BCUT2D eigenvalue weighted by Crippen LogP contribution is -2.24. The van der Waals surface area contributed by atoms with Crippen molar-refractivity contribution in [2.24, 2.45) is 5.73 Å². The summed E-state index contributed by atoms with van der Waals surface area (Å²) in [6, 6.07) is 2.69. The third-order valence-corrected chi connectivity index (χ3v) is 2.92. The summed E-state index contributed by atoms with van der Waals surface area (Å²) in [5.41, 5.74) is 5.19. The van der Waals surface area contributed by atoms with Crippen molar-refractivity contribution >= 4 is 28.9 Å². The summed E-state index contributed by atoms with van der Waals surface area (Å²) in [5.74, 6) is -2.51. The van der Waals surface area contributed by atoms with E-state index in [-0.39, 0.29) is 41.8 Å². The second-order valence-corrected chi connectivity index (χ2v) is 4.54. The molecule has 0 heterocycles. The van der Waals surface area contributed by atoms with Crippen LogP contribution in [0.1, 0.15) is 18.9 Å². The van der Waals surface area contributed by atoms with E-state index in [0.29, 0.717) is 0 Å². The fourth-order valence-corrected chi connectivity index (χ4v) is 1.79. The predicted molar refractivity (Wildman–Crippen MR) is 76.8 cm³/mol. The van der Waals surface area contributed by atoms with Gasteiger partial charge in [0.05, 0.1) is 18.7 Å². The molecule has 0 aliphatic carbocycles. The maximum absolute atomic E-state index is 13.9. The summed E-state index contributed by atoms with van der Waals surface area (Å²) in [6.07, 6.45) is 0.0858. The Labute approximate surface area is 121 Å². The zero-order valence-electron chi connectivity index (χ0n) is 11.3. The molecule has 0 spiro atoms. The molecule has 0 fully saturated rings. The summed E-state index contributed by atoms with van der Waals surface area (Å²) in [7, 11) is 1.55. The molecule has 7 heteroatoms. The first-order chi connectivity index (χ1) is 9.38. The Bertz CT molecular complexity index is 523. The Kier molecular flexibility index (Phi) is 5.82. The van der Waals surface area contributed by atoms with Gasteiger partial charge in [0.1, 0.15) is 4.99 Å². The topological polar surface area (TPSA) is 55.6 Å². The van der Waals surface area contributed by atoms with Gasteiger partial charge in [0, 0.05) is 19.2 Å². The quantitative estimate of drug-likeness (QED) is 0.643. The SMILES string of the molecule is CCOC(=O)CCN(C)c1ccc(C(N)=S)c(F)c1F. The highest BCUT2D eigenvalue weighted by molar-refractivity contribution is 7.80. The second kappa shape index (κ2) is 7.14. The average molecular weight is 302 g/mol. The molecule has 1 aromatic carbocycles. The van der Waals surface area contributed by atoms with Gasteiger partial charge in [0.2, 0.25) is 0 Å². The summed E-state index contributed by atoms with van der Waals surface area (Å²) >= 11 is 4.63. The van der Waals surface area contributed by atoms with Crippen LogP contribution in [0.25, 0.3) is 0 Å². The molecule has 20 heavy (non-hydrogen) atoms. The molecule has 1 aromatic rings. The fraction of sp³-hybridized carbons (Fsp3) is 0.385. The van der Waals surface area contributed by atoms with Gasteiger partial charge in [0.15, 0.2) is 11.6 Å². The van der Waals surface area contributed by atoms with Crippen molar-refractivity contribution < 1.29 is 18.3 Å². The third kappa shape index (κ3) is 3.86. The first-order valence-corrected chi connectivity index (χ1v) is 6.43. The van der Waals surface area contributed by atoms with Gasteiger partial charge in [-0.15, -0.1) is 0 Å². The van der Waals surface area contributed by atoms with Crippen molar-refractivity contribution in [2.75, 3.05) is 25.1 Å². The zero-order chi connectivity index (χ0) is 15.3. The lowest BCUT2D eigenvalue weighted by molar-refractivity contribution is -0.142. The molecule has 0 aliphatic heterocycles. The van der Waals surface area contributed by atoms with E-state index in [4.69, 9.17) is 10.5 Å². The molecule has 0 unspecified atom stereocenters. The molecule has 0 saturated carbocycles. The molecule has 0 radical (unpaired) electrons. The molecule has 2 N–H and O–H groups in total. The standard InChI is InChI=1S/C13H16F2N2O2S/c1-3-19-10(18)6-7-17(2)9-5-4-8(13(16)20)11(14)12(9)15/h4-5H,3,6-7H2,1-2H3,(H2,16,20). The molecule has 0 saturated heterocycles. The van der Waals surface area contributed by atoms with Gasteiger partial charge in [-0.2, -0.15) is 0 Å². The zero-order valence-corrected chi connectivity index (χ0v) is 12.1. The highest BCUT2D eigenvalue weighted by Crippen LogP contribution is 2.23. The van der Waals surface area contributed by atoms with Crippen LogP contribution >= 0.6 is 12.2 Å². The van der Waals surface area contributed by atoms with E-state index in [1.54, 1.807) is 14.0 Å². The molecule has 0 bridgehead atoms. The molecule has 110 valence electrons. The fourth-order valence-electron chi connectivity index (χ4n) is 1.64. The number of carbonyl (C=O) groups is 1. The van der Waals surface area contributed by atoms with Gasteiger partial charge in [-0.3, -0.25) is 4.79 Å². The van der Waals surface area contributed by atoms with Crippen molar-refractivity contribution in [1.29, 1.82) is 0 Å². The van der Waals surface area contributed by atoms with Gasteiger partial charge in [-0.05, 0) is 19.1 Å². The van der Waals surface area contributed by atoms with Crippen LogP contribution in [0, 0.1) is 11.6 Å². The molecule has 0 aliphatic rings. The normalized spacial score (nSPS) is 10.2. The number of benzene rings is 1. The summed E-state index contributed by atoms with van der Waals surface area (Å²) in [5, 5.41) is 0. The number of nitrogens with two attached hydrogens (primary N) is 1. The van der Waals surface area contributed by atoms with E-state index in [9.17, 15) is 13.6 Å². The molecule has 4 nitrogen and oxygen atoms in total. The van der Waals surface area contributed by atoms with Gasteiger partial charge in [-0.1, -0.05) is 12.2 Å². The van der Waals surface area contributed by atoms with E-state index < -0.39 is 11.6 Å². The maximum atomic E-state index is 13.9. The number of halogens is 2. The van der Waals surface area contributed by atoms with E-state index >= 15 is 0 Å². The maximum Gasteiger partial charge on any atom is 0.307 e. The van der Waals surface area contributed by atoms with Crippen molar-refractivity contribution in [3.63, 3.8) is 0 Å². The lowest BCUT2D eigenvalue weighted by Gasteiger charge is -2.20. The van der Waals surface area contributed by atoms with Crippen molar-refractivity contribution in [2.45, 2.75) is 13.3 Å². The minimum Gasteiger partial charge on any atom is -0.466 e. The van der Waals surface area contributed by atoms with E-state index in [2.05, 4.69) is 12.2 Å². The number of hydrogen-bond acceptors (Lipinski definition) is 4. The number of esters is 1. The van der Waals surface area contributed by atoms with Crippen LogP contribution < -0.4 is 10.6 Å². The molecular weight excluding hydrogens is 286 g/mol. The summed E-state index contributed by atoms with van der Waals surface area (Å²) in [6.45, 7) is 2.20. The number of carbonyl (C=O) groups excluding carboxylic acids is 1. The second-order valence-electron chi connectivity index (χ2n) is 4.10. The van der Waals surface area contributed by atoms with Gasteiger partial charge in [0.25, 0.3) is 0 Å². The first kappa shape index (κ1) is 16.3. The predicted octanol–water partition coefficient (Wildman–Crippen LogP) is 1.99. The highest BCUT2D eigenvalue weighted by atomic mass is 32.1. The van der Waals surface area contributed by atoms with Crippen LogP contribution in [0.4, 0.5) is 14.5 Å². The number of rotatable bonds is 6. The van der Waals surface area contributed by atoms with Crippen molar-refractivity contribution in [3.05, 3.63) is 29.3 Å². The van der Waals surface area contributed by atoms with Gasteiger partial charge in [-0.25, -0.2) is 8.78 Å². The van der Waals surface area contributed by atoms with Crippen LogP contribution in [0.5, 0.6) is 0 Å². The van der Waals surface area contributed by atoms with E-state index in [0.717, 1.165) is 0 Å². The summed E-state index contributed by atoms with van der Waals surface area (Å²) in [4.78, 5) is 12.4. The Morgan fingerprint density at radius 2 is 2.05 bits per heavy atom. The summed E-state index contributed by atoms with van der Waals surface area (Å²) < 4.78 is 32.4. The average Bonchev–Trinajstić information content (AvgIpc) is 2.39. The molecule has 0 amide bonds. The van der Waals surface area contributed by atoms with Crippen LogP contribution in [-0.2, 0) is 9.53 Å². The Morgan fingerprint density at radius 1 is 1.40 bits per heavy atom. The van der Waals surface area contributed by atoms with Crippen molar-refractivity contribution in [1.82, 2.24) is 0 Å². The molecule has 0 atom stereocenters. The number of hydrogen-bond donors (Lipinski definition) is 1. The molecular formula is C13H16F2N2O2S.